The van der Waals surface area contributed by atoms with Crippen molar-refractivity contribution in [1.29, 1.82) is 0 Å². The van der Waals surface area contributed by atoms with Crippen molar-refractivity contribution in [1.82, 2.24) is 5.32 Å². The Morgan fingerprint density at radius 3 is 2.07 bits per heavy atom. The number of aryl methyl sites for hydroxylation is 1. The van der Waals surface area contributed by atoms with E-state index in [1.807, 2.05) is 6.07 Å². The van der Waals surface area contributed by atoms with E-state index in [1.54, 1.807) is 0 Å². The van der Waals surface area contributed by atoms with Crippen molar-refractivity contribution in [2.75, 3.05) is 5.32 Å². The second-order valence-corrected chi connectivity index (χ2v) is 7.54. The van der Waals surface area contributed by atoms with Gasteiger partial charge in [0.25, 0.3) is 0 Å². The largest absolute Gasteiger partial charge is 0.352 e. The van der Waals surface area contributed by atoms with Gasteiger partial charge in [0.2, 0.25) is 0 Å². The third-order valence-corrected chi connectivity index (χ3v) is 4.84. The lowest BCUT2D eigenvalue weighted by Gasteiger charge is -2.22. The molecule has 27 heavy (non-hydrogen) atoms. The summed E-state index contributed by atoms with van der Waals surface area (Å²) in [4.78, 5) is 0. The highest BCUT2D eigenvalue weighted by Crippen LogP contribution is 2.23. The van der Waals surface area contributed by atoms with Gasteiger partial charge in [-0.25, -0.2) is 0 Å². The number of nitrogens with one attached hydrogen (secondary N) is 2. The zero-order valence-electron chi connectivity index (χ0n) is 16.1. The van der Waals surface area contributed by atoms with Crippen molar-refractivity contribution in [2.45, 2.75) is 32.7 Å². The SMILES string of the molecule is Cc1cccc([C@H](NC(=S)Nc2ccc(C(C)C)cc2)c2ccccc2)c1. The second kappa shape index (κ2) is 8.83. The van der Waals surface area contributed by atoms with E-state index >= 15 is 0 Å². The van der Waals surface area contributed by atoms with Crippen molar-refractivity contribution < 1.29 is 0 Å². The molecule has 0 aromatic heterocycles. The molecule has 3 rings (SSSR count). The summed E-state index contributed by atoms with van der Waals surface area (Å²) in [6.07, 6.45) is 0. The second-order valence-electron chi connectivity index (χ2n) is 7.13. The minimum Gasteiger partial charge on any atom is -0.352 e. The molecule has 0 amide bonds. The quantitative estimate of drug-likeness (QED) is 0.520. The summed E-state index contributed by atoms with van der Waals surface area (Å²) < 4.78 is 0. The van der Waals surface area contributed by atoms with Crippen molar-refractivity contribution >= 4 is 23.0 Å². The van der Waals surface area contributed by atoms with E-state index in [0.29, 0.717) is 11.0 Å². The number of benzene rings is 3. The van der Waals surface area contributed by atoms with Crippen LogP contribution < -0.4 is 10.6 Å². The number of hydrogen-bond acceptors (Lipinski definition) is 1. The first-order valence-electron chi connectivity index (χ1n) is 9.32. The summed E-state index contributed by atoms with van der Waals surface area (Å²) in [5, 5.41) is 7.41. The van der Waals surface area contributed by atoms with Gasteiger partial charge in [-0.3, -0.25) is 0 Å². The molecule has 2 nitrogen and oxygen atoms in total. The molecule has 2 N–H and O–H groups in total. The van der Waals surface area contributed by atoms with Crippen LogP contribution in [0.15, 0.2) is 78.9 Å². The van der Waals surface area contributed by atoms with Crippen LogP contribution in [0.3, 0.4) is 0 Å². The van der Waals surface area contributed by atoms with Crippen molar-refractivity contribution in [3.8, 4) is 0 Å². The predicted octanol–water partition coefficient (Wildman–Crippen LogP) is 6.19. The normalized spacial score (nSPS) is 11.9. The summed E-state index contributed by atoms with van der Waals surface area (Å²) >= 11 is 5.61. The van der Waals surface area contributed by atoms with E-state index in [9.17, 15) is 0 Å². The fourth-order valence-corrected chi connectivity index (χ4v) is 3.34. The van der Waals surface area contributed by atoms with E-state index < -0.39 is 0 Å². The standard InChI is InChI=1S/C24H26N2S/c1-17(2)19-12-14-22(15-13-19)25-24(27)26-23(20-9-5-4-6-10-20)21-11-7-8-18(3)16-21/h4-17,23H,1-3H3,(H2,25,26,27)/t23-/m1/s1. The summed E-state index contributed by atoms with van der Waals surface area (Å²) in [5.74, 6) is 0.521. The van der Waals surface area contributed by atoms with Gasteiger partial charge in [-0.1, -0.05) is 86.1 Å². The van der Waals surface area contributed by atoms with E-state index in [1.165, 1.54) is 22.3 Å². The molecule has 0 fully saturated rings. The van der Waals surface area contributed by atoms with Gasteiger partial charge in [0, 0.05) is 5.69 Å². The van der Waals surface area contributed by atoms with Crippen LogP contribution in [0.5, 0.6) is 0 Å². The molecule has 0 aliphatic carbocycles. The lowest BCUT2D eigenvalue weighted by atomic mass is 9.97. The van der Waals surface area contributed by atoms with Crippen LogP contribution >= 0.6 is 12.2 Å². The van der Waals surface area contributed by atoms with Gasteiger partial charge in [-0.15, -0.1) is 0 Å². The van der Waals surface area contributed by atoms with Crippen LogP contribution in [0.4, 0.5) is 5.69 Å². The van der Waals surface area contributed by atoms with Gasteiger partial charge in [-0.2, -0.15) is 0 Å². The average molecular weight is 375 g/mol. The Bertz CT molecular complexity index is 886. The first-order valence-corrected chi connectivity index (χ1v) is 9.73. The third kappa shape index (κ3) is 5.18. The Balaban J connectivity index is 1.78. The number of hydrogen-bond donors (Lipinski definition) is 2. The molecule has 0 heterocycles. The third-order valence-electron chi connectivity index (χ3n) is 4.62. The number of thiocarbonyl (C=S) groups is 1. The van der Waals surface area contributed by atoms with Crippen LogP contribution in [0, 0.1) is 6.92 Å². The van der Waals surface area contributed by atoms with Crippen molar-refractivity contribution in [3.63, 3.8) is 0 Å². The van der Waals surface area contributed by atoms with E-state index in [-0.39, 0.29) is 6.04 Å². The fourth-order valence-electron chi connectivity index (χ4n) is 3.10. The van der Waals surface area contributed by atoms with E-state index in [2.05, 4.69) is 104 Å². The zero-order valence-corrected chi connectivity index (χ0v) is 16.9. The molecule has 0 aliphatic heterocycles. The molecular formula is C24H26N2S. The molecular weight excluding hydrogens is 348 g/mol. The molecule has 0 saturated heterocycles. The highest BCUT2D eigenvalue weighted by molar-refractivity contribution is 7.80. The van der Waals surface area contributed by atoms with E-state index in [0.717, 1.165) is 5.69 Å². The highest BCUT2D eigenvalue weighted by atomic mass is 32.1. The maximum Gasteiger partial charge on any atom is 0.171 e. The van der Waals surface area contributed by atoms with Gasteiger partial charge < -0.3 is 10.6 Å². The summed E-state index contributed by atoms with van der Waals surface area (Å²) in [6.45, 7) is 6.50. The summed E-state index contributed by atoms with van der Waals surface area (Å²) in [6, 6.07) is 27.4. The Labute approximate surface area is 167 Å². The van der Waals surface area contributed by atoms with Crippen LogP contribution in [-0.4, -0.2) is 5.11 Å². The molecule has 138 valence electrons. The molecule has 3 heteroatoms. The number of anilines is 1. The van der Waals surface area contributed by atoms with Gasteiger partial charge in [0.05, 0.1) is 6.04 Å². The molecule has 3 aromatic carbocycles. The zero-order chi connectivity index (χ0) is 19.2. The van der Waals surface area contributed by atoms with Crippen LogP contribution in [-0.2, 0) is 0 Å². The Morgan fingerprint density at radius 2 is 1.44 bits per heavy atom. The lowest BCUT2D eigenvalue weighted by Crippen LogP contribution is -2.33. The average Bonchev–Trinajstić information content (AvgIpc) is 2.67. The summed E-state index contributed by atoms with van der Waals surface area (Å²) in [7, 11) is 0. The monoisotopic (exact) mass is 374 g/mol. The molecule has 3 aromatic rings. The Kier molecular flexibility index (Phi) is 6.25. The number of rotatable bonds is 5. The molecule has 1 atom stereocenters. The summed E-state index contributed by atoms with van der Waals surface area (Å²) in [5.41, 5.74) is 5.93. The van der Waals surface area contributed by atoms with Crippen LogP contribution in [0.1, 0.15) is 48.1 Å². The molecule has 0 aliphatic rings. The smallest absolute Gasteiger partial charge is 0.171 e. The van der Waals surface area contributed by atoms with Gasteiger partial charge >= 0.3 is 0 Å². The van der Waals surface area contributed by atoms with Gasteiger partial charge in [0.1, 0.15) is 0 Å². The van der Waals surface area contributed by atoms with Gasteiger partial charge in [0.15, 0.2) is 5.11 Å². The predicted molar refractivity (Wildman–Crippen MR) is 119 cm³/mol. The maximum atomic E-state index is 5.61. The van der Waals surface area contributed by atoms with Gasteiger partial charge in [-0.05, 0) is 53.9 Å². The Morgan fingerprint density at radius 1 is 0.778 bits per heavy atom. The van der Waals surface area contributed by atoms with Crippen molar-refractivity contribution in [3.05, 3.63) is 101 Å². The highest BCUT2D eigenvalue weighted by Gasteiger charge is 2.15. The fraction of sp³-hybridized carbons (Fsp3) is 0.208. The van der Waals surface area contributed by atoms with Crippen molar-refractivity contribution in [2.24, 2.45) is 0 Å². The molecule has 0 bridgehead atoms. The maximum absolute atomic E-state index is 5.61. The minimum absolute atomic E-state index is 0.000960. The molecule has 0 radical (unpaired) electrons. The first-order chi connectivity index (χ1) is 13.0. The molecule has 0 unspecified atom stereocenters. The van der Waals surface area contributed by atoms with Crippen LogP contribution in [0.25, 0.3) is 0 Å². The van der Waals surface area contributed by atoms with Crippen LogP contribution in [0.2, 0.25) is 0 Å². The lowest BCUT2D eigenvalue weighted by molar-refractivity contribution is 0.767. The first kappa shape index (κ1) is 19.1. The molecule has 0 spiro atoms. The molecule has 0 saturated carbocycles. The Hall–Kier alpha value is -2.65. The topological polar surface area (TPSA) is 24.1 Å². The minimum atomic E-state index is 0.000960. The van der Waals surface area contributed by atoms with E-state index in [4.69, 9.17) is 12.2 Å².